The molecule has 0 unspecified atom stereocenters. The van der Waals surface area contributed by atoms with E-state index < -0.39 is 82.8 Å². The van der Waals surface area contributed by atoms with Gasteiger partial charge in [-0.05, 0) is 96.8 Å². The first-order valence-electron chi connectivity index (χ1n) is 19.1. The Hall–Kier alpha value is -6.72. The molecule has 0 aliphatic rings. The molecule has 0 saturated heterocycles. The highest BCUT2D eigenvalue weighted by molar-refractivity contribution is 7.86. The smallest absolute Gasteiger partial charge is 0.296 e. The van der Waals surface area contributed by atoms with E-state index in [-0.39, 0.29) is 43.1 Å². The molecule has 2 aromatic heterocycles. The number of fused-ring (bicyclic) bond motifs is 2. The van der Waals surface area contributed by atoms with Gasteiger partial charge in [-0.25, -0.2) is 9.97 Å². The summed E-state index contributed by atoms with van der Waals surface area (Å²) in [5.41, 5.74) is -0.714. The van der Waals surface area contributed by atoms with Gasteiger partial charge in [-0.2, -0.15) is 33.7 Å². The Morgan fingerprint density at radius 2 is 0.853 bits per heavy atom. The quantitative estimate of drug-likeness (QED) is 0.0291. The Balaban J connectivity index is 1.13. The van der Waals surface area contributed by atoms with Crippen LogP contribution in [-0.4, -0.2) is 71.6 Å². The van der Waals surface area contributed by atoms with Gasteiger partial charge in [-0.3, -0.25) is 18.2 Å². The number of aromatic nitrogens is 2. The molecule has 68 heavy (non-hydrogen) atoms. The van der Waals surface area contributed by atoms with Gasteiger partial charge >= 0.3 is 0 Å². The third-order valence-electron chi connectivity index (χ3n) is 9.98. The van der Waals surface area contributed by atoms with Crippen LogP contribution in [0.2, 0.25) is 0 Å². The zero-order valence-corrected chi connectivity index (χ0v) is 39.5. The van der Waals surface area contributed by atoms with Crippen LogP contribution < -0.4 is 0 Å². The van der Waals surface area contributed by atoms with Gasteiger partial charge < -0.3 is 10.4 Å². The largest absolute Gasteiger partial charge is 0.594 e. The summed E-state index contributed by atoms with van der Waals surface area (Å²) in [7, 11) is -20.4. The van der Waals surface area contributed by atoms with Crippen LogP contribution in [0.25, 0.3) is 53.7 Å². The van der Waals surface area contributed by atoms with Gasteiger partial charge in [0.05, 0.1) is 20.4 Å². The van der Waals surface area contributed by atoms with E-state index in [2.05, 4.69) is 20.2 Å². The van der Waals surface area contributed by atoms with Crippen molar-refractivity contribution < 1.29 is 61.6 Å². The van der Waals surface area contributed by atoms with Crippen molar-refractivity contribution in [3.8, 4) is 21.1 Å². The summed E-state index contributed by atoms with van der Waals surface area (Å²) in [5, 5.41) is 35.3. The zero-order valence-electron chi connectivity index (χ0n) is 34.6. The Morgan fingerprint density at radius 1 is 0.500 bits per heavy atom. The van der Waals surface area contributed by atoms with Crippen LogP contribution in [0.5, 0.6) is 0 Å². The van der Waals surface area contributed by atoms with Crippen molar-refractivity contribution in [1.29, 1.82) is 0 Å². The summed E-state index contributed by atoms with van der Waals surface area (Å²) in [6.45, 7) is 2.83. The van der Waals surface area contributed by atoms with Crippen molar-refractivity contribution in [2.75, 3.05) is 0 Å². The van der Waals surface area contributed by atoms with Gasteiger partial charge in [0.15, 0.2) is 11.4 Å². The van der Waals surface area contributed by atoms with E-state index in [0.717, 1.165) is 58.0 Å². The summed E-state index contributed by atoms with van der Waals surface area (Å²) >= 11 is 2.49. The molecule has 26 heteroatoms. The fraction of sp³-hybridized carbons (Fsp3) is 0.0476. The second-order valence-electron chi connectivity index (χ2n) is 14.7. The molecule has 348 valence electrons. The molecule has 20 nitrogen and oxygen atoms in total. The number of hydrogen-bond donors (Lipinski definition) is 4. The molecule has 4 N–H and O–H groups in total. The van der Waals surface area contributed by atoms with E-state index in [4.69, 9.17) is 0 Å². The maximum atomic E-state index is 13.4. The van der Waals surface area contributed by atoms with E-state index >= 15 is 0 Å². The van der Waals surface area contributed by atoms with Gasteiger partial charge in [0.25, 0.3) is 40.5 Å². The van der Waals surface area contributed by atoms with Crippen molar-refractivity contribution in [2.24, 2.45) is 10.2 Å². The fourth-order valence-corrected chi connectivity index (χ4v) is 11.6. The van der Waals surface area contributed by atoms with E-state index in [1.54, 1.807) is 36.4 Å². The normalized spacial score (nSPS) is 13.3. The average molecular weight is 1040 g/mol. The average Bonchev–Trinajstić information content (AvgIpc) is 3.90. The summed E-state index contributed by atoms with van der Waals surface area (Å²) in [6.07, 6.45) is 1.97. The van der Waals surface area contributed by atoms with Crippen molar-refractivity contribution in [3.05, 3.63) is 142 Å². The van der Waals surface area contributed by atoms with Crippen LogP contribution in [-0.2, 0) is 40.5 Å². The molecule has 0 aliphatic heterocycles. The monoisotopic (exact) mass is 1030 g/mol. The third-order valence-corrected chi connectivity index (χ3v) is 15.7. The molecule has 8 rings (SSSR count). The number of para-hydroxylation sites is 2. The molecule has 6 aromatic carbocycles. The Bertz CT molecular complexity index is 3660. The molecule has 0 fully saturated rings. The van der Waals surface area contributed by atoms with E-state index in [1.165, 1.54) is 48.7 Å². The highest BCUT2D eigenvalue weighted by atomic mass is 32.2. The predicted molar refractivity (Wildman–Crippen MR) is 251 cm³/mol. The lowest BCUT2D eigenvalue weighted by Crippen LogP contribution is -2.04. The second-order valence-corrected chi connectivity index (χ2v) is 22.3. The third kappa shape index (κ3) is 9.95. The minimum absolute atomic E-state index is 0.104. The maximum absolute atomic E-state index is 13.4. The highest BCUT2D eigenvalue weighted by Crippen LogP contribution is 2.40. The number of azo groups is 2. The number of nitrogens with zero attached hydrogens (tertiary/aromatic N) is 6. The SMILES string of the molecule is Cc1cc(-c2nc3ccccc3s2)cc(S(=O)(=O)O)c1N=[N+]([O-])c1ccc(/C=C/c2ccc([N+]([O-])=Nc3c(C)cc(-c4nc5ccccc5s4)cc3S(=O)(=O)O)cc2S(=O)(=O)O)c(S(=O)(=O)O)c1. The van der Waals surface area contributed by atoms with Crippen molar-refractivity contribution in [1.82, 2.24) is 9.97 Å². The van der Waals surface area contributed by atoms with Gasteiger partial charge in [0, 0.05) is 45.6 Å². The topological polar surface area (TPSA) is 320 Å². The van der Waals surface area contributed by atoms with Gasteiger partial charge in [0.1, 0.15) is 29.6 Å². The maximum Gasteiger partial charge on any atom is 0.296 e. The number of benzene rings is 6. The van der Waals surface area contributed by atoms with Crippen molar-refractivity contribution >= 4 is 118 Å². The summed E-state index contributed by atoms with van der Waals surface area (Å²) in [4.78, 5) is 5.36. The lowest BCUT2D eigenvalue weighted by molar-refractivity contribution is -0.435. The first kappa shape index (κ1) is 47.8. The first-order chi connectivity index (χ1) is 31.8. The van der Waals surface area contributed by atoms with Crippen LogP contribution in [0.4, 0.5) is 22.7 Å². The van der Waals surface area contributed by atoms with E-state index in [0.29, 0.717) is 33.2 Å². The molecular weight excluding hydrogens is 1000 g/mol. The summed E-state index contributed by atoms with van der Waals surface area (Å²) < 4.78 is 143. The molecule has 0 saturated carbocycles. The molecule has 0 aliphatic carbocycles. The zero-order chi connectivity index (χ0) is 49.1. The van der Waals surface area contributed by atoms with Gasteiger partial charge in [-0.1, -0.05) is 46.1 Å². The van der Waals surface area contributed by atoms with Gasteiger partial charge in [-0.15, -0.1) is 22.7 Å². The van der Waals surface area contributed by atoms with Crippen molar-refractivity contribution in [2.45, 2.75) is 33.4 Å². The Morgan fingerprint density at radius 3 is 1.19 bits per heavy atom. The summed E-state index contributed by atoms with van der Waals surface area (Å²) in [6, 6.07) is 24.8. The number of thiazole rings is 2. The summed E-state index contributed by atoms with van der Waals surface area (Å²) in [5.74, 6) is 0. The lowest BCUT2D eigenvalue weighted by atomic mass is 10.1. The molecule has 0 spiro atoms. The molecule has 0 radical (unpaired) electrons. The minimum Gasteiger partial charge on any atom is -0.594 e. The van der Waals surface area contributed by atoms with Crippen LogP contribution in [0.3, 0.4) is 0 Å². The van der Waals surface area contributed by atoms with E-state index in [9.17, 15) is 62.3 Å². The van der Waals surface area contributed by atoms with Gasteiger partial charge in [0.2, 0.25) is 11.4 Å². The predicted octanol–water partition coefficient (Wildman–Crippen LogP) is 9.87. The molecule has 0 atom stereocenters. The standard InChI is InChI=1S/C42H30N6O14S6/c1-23-17-27(41-43-31-7-3-5-9-33(31)63-41)19-37(67(57,58)59)39(23)45-47(49)29-15-13-25(35(21-29)65(51,52)53)11-12-26-14-16-30(22-36(26)66(54,55)56)48(50)46-40-24(2)18-28(20-38(40)68(60,61)62)42-44-32-8-4-6-10-34(32)64-42/h3-22H,1-2H3,(H,51,52,53)(H,54,55,56)(H,57,58,59)(H,60,61,62)/b12-11+,47-45?,48-46?. The molecule has 2 heterocycles. The Labute approximate surface area is 394 Å². The highest BCUT2D eigenvalue weighted by Gasteiger charge is 2.27. The Kier molecular flexibility index (Phi) is 12.5. The molecule has 0 bridgehead atoms. The minimum atomic E-state index is -5.17. The number of hydrogen-bond acceptors (Lipinski definition) is 16. The number of aryl methyl sites for hydroxylation is 2. The molecule has 8 aromatic rings. The van der Waals surface area contributed by atoms with E-state index in [1.807, 2.05) is 12.1 Å². The van der Waals surface area contributed by atoms with Crippen LogP contribution >= 0.6 is 22.7 Å². The van der Waals surface area contributed by atoms with Crippen LogP contribution in [0.15, 0.2) is 139 Å². The fourth-order valence-electron chi connectivity index (χ4n) is 6.87. The number of rotatable bonds is 12. The second kappa shape index (κ2) is 17.7. The van der Waals surface area contributed by atoms with Crippen molar-refractivity contribution in [3.63, 3.8) is 0 Å². The lowest BCUT2D eigenvalue weighted by Gasteiger charge is -2.10. The first-order valence-corrected chi connectivity index (χ1v) is 26.5. The molecule has 0 amide bonds. The van der Waals surface area contributed by atoms with Crippen LogP contribution in [0.1, 0.15) is 22.3 Å². The molecular formula is C42H30N6O14S6. The van der Waals surface area contributed by atoms with Crippen LogP contribution in [0, 0.1) is 24.3 Å².